The lowest BCUT2D eigenvalue weighted by atomic mass is 10.2. The standard InChI is InChI=1S/C10H11ClN2O3/c11-7-3-1-6(2-4-7)10(16)13-5-8(14)9(12)15/h1-4,8,14H,5H2,(H2,12,15)(H,13,16). The zero-order valence-corrected chi connectivity index (χ0v) is 9.07. The van der Waals surface area contributed by atoms with E-state index in [9.17, 15) is 9.59 Å². The third kappa shape index (κ3) is 3.52. The molecule has 6 heteroatoms. The monoisotopic (exact) mass is 242 g/mol. The Morgan fingerprint density at radius 3 is 2.44 bits per heavy atom. The maximum atomic E-state index is 11.5. The van der Waals surface area contributed by atoms with Crippen molar-refractivity contribution in [3.05, 3.63) is 34.9 Å². The van der Waals surface area contributed by atoms with Gasteiger partial charge in [0.2, 0.25) is 5.91 Å². The highest BCUT2D eigenvalue weighted by Crippen LogP contribution is 2.09. The Morgan fingerprint density at radius 2 is 1.94 bits per heavy atom. The van der Waals surface area contributed by atoms with Crippen molar-refractivity contribution in [2.24, 2.45) is 5.73 Å². The molecule has 0 heterocycles. The van der Waals surface area contributed by atoms with Crippen LogP contribution in [0.1, 0.15) is 10.4 Å². The second-order valence-electron chi connectivity index (χ2n) is 3.14. The molecule has 0 saturated carbocycles. The highest BCUT2D eigenvalue weighted by molar-refractivity contribution is 6.30. The molecule has 0 spiro atoms. The van der Waals surface area contributed by atoms with Crippen molar-refractivity contribution >= 4 is 23.4 Å². The number of rotatable bonds is 4. The molecule has 1 unspecified atom stereocenters. The van der Waals surface area contributed by atoms with Crippen molar-refractivity contribution in [1.82, 2.24) is 5.32 Å². The summed E-state index contributed by atoms with van der Waals surface area (Å²) >= 11 is 5.65. The lowest BCUT2D eigenvalue weighted by Crippen LogP contribution is -2.39. The number of primary amides is 1. The third-order valence-electron chi connectivity index (χ3n) is 1.89. The van der Waals surface area contributed by atoms with Gasteiger partial charge in [-0.05, 0) is 24.3 Å². The fraction of sp³-hybridized carbons (Fsp3) is 0.200. The zero-order valence-electron chi connectivity index (χ0n) is 8.31. The van der Waals surface area contributed by atoms with Crippen LogP contribution in [0.2, 0.25) is 5.02 Å². The van der Waals surface area contributed by atoms with Gasteiger partial charge < -0.3 is 16.2 Å². The van der Waals surface area contributed by atoms with Gasteiger partial charge in [0, 0.05) is 10.6 Å². The van der Waals surface area contributed by atoms with Crippen LogP contribution in [0.25, 0.3) is 0 Å². The van der Waals surface area contributed by atoms with Crippen molar-refractivity contribution in [2.75, 3.05) is 6.54 Å². The van der Waals surface area contributed by atoms with Gasteiger partial charge >= 0.3 is 0 Å². The SMILES string of the molecule is NC(=O)C(O)CNC(=O)c1ccc(Cl)cc1. The minimum absolute atomic E-state index is 0.212. The fourth-order valence-electron chi connectivity index (χ4n) is 0.993. The van der Waals surface area contributed by atoms with E-state index in [1.165, 1.54) is 12.1 Å². The van der Waals surface area contributed by atoms with Crippen LogP contribution in [0.4, 0.5) is 0 Å². The molecule has 1 aromatic carbocycles. The van der Waals surface area contributed by atoms with E-state index in [-0.39, 0.29) is 6.54 Å². The van der Waals surface area contributed by atoms with Crippen LogP contribution < -0.4 is 11.1 Å². The van der Waals surface area contributed by atoms with E-state index in [0.29, 0.717) is 10.6 Å². The van der Waals surface area contributed by atoms with Crippen molar-refractivity contribution in [1.29, 1.82) is 0 Å². The molecule has 0 aliphatic rings. The third-order valence-corrected chi connectivity index (χ3v) is 2.14. The molecular weight excluding hydrogens is 232 g/mol. The fourth-order valence-corrected chi connectivity index (χ4v) is 1.12. The number of carbonyl (C=O) groups excluding carboxylic acids is 2. The van der Waals surface area contributed by atoms with Gasteiger partial charge in [-0.3, -0.25) is 9.59 Å². The number of amides is 2. The summed E-state index contributed by atoms with van der Waals surface area (Å²) in [6, 6.07) is 6.21. The predicted octanol–water partition coefficient (Wildman–Crippen LogP) is -0.0840. The minimum Gasteiger partial charge on any atom is -0.381 e. The van der Waals surface area contributed by atoms with Crippen LogP contribution in [0.5, 0.6) is 0 Å². The van der Waals surface area contributed by atoms with Crippen molar-refractivity contribution in [3.63, 3.8) is 0 Å². The molecule has 0 bridgehead atoms. The Kier molecular flexibility index (Phi) is 4.28. The number of aliphatic hydroxyl groups excluding tert-OH is 1. The summed E-state index contributed by atoms with van der Waals surface area (Å²) in [4.78, 5) is 22.0. The smallest absolute Gasteiger partial charge is 0.251 e. The average Bonchev–Trinajstić information content (AvgIpc) is 2.26. The van der Waals surface area contributed by atoms with E-state index in [2.05, 4.69) is 5.32 Å². The molecule has 2 amide bonds. The molecule has 0 aliphatic carbocycles. The van der Waals surface area contributed by atoms with Crippen LogP contribution in [-0.2, 0) is 4.79 Å². The van der Waals surface area contributed by atoms with Gasteiger partial charge in [0.05, 0.1) is 6.54 Å². The van der Waals surface area contributed by atoms with Crippen LogP contribution >= 0.6 is 11.6 Å². The topological polar surface area (TPSA) is 92.4 Å². The number of aliphatic hydroxyl groups is 1. The molecule has 86 valence electrons. The van der Waals surface area contributed by atoms with Crippen LogP contribution in [0.3, 0.4) is 0 Å². The molecule has 0 aliphatic heterocycles. The maximum absolute atomic E-state index is 11.5. The summed E-state index contributed by atoms with van der Waals surface area (Å²) in [5.74, 6) is -1.28. The number of hydrogen-bond donors (Lipinski definition) is 3. The lowest BCUT2D eigenvalue weighted by molar-refractivity contribution is -0.125. The largest absolute Gasteiger partial charge is 0.381 e. The van der Waals surface area contributed by atoms with Gasteiger partial charge in [-0.1, -0.05) is 11.6 Å². The number of hydrogen-bond acceptors (Lipinski definition) is 3. The summed E-state index contributed by atoms with van der Waals surface area (Å²) in [5.41, 5.74) is 5.21. The minimum atomic E-state index is -1.38. The number of halogens is 1. The van der Waals surface area contributed by atoms with Crippen LogP contribution in [-0.4, -0.2) is 29.6 Å². The molecule has 0 radical (unpaired) electrons. The Hall–Kier alpha value is -1.59. The van der Waals surface area contributed by atoms with Gasteiger partial charge in [0.15, 0.2) is 0 Å². The number of nitrogens with two attached hydrogens (primary N) is 1. The van der Waals surface area contributed by atoms with Gasteiger partial charge in [0.25, 0.3) is 5.91 Å². The van der Waals surface area contributed by atoms with E-state index in [4.69, 9.17) is 22.4 Å². The summed E-state index contributed by atoms with van der Waals surface area (Å²) in [6.45, 7) is -0.212. The highest BCUT2D eigenvalue weighted by atomic mass is 35.5. The molecule has 0 aromatic heterocycles. The normalized spacial score (nSPS) is 11.9. The van der Waals surface area contributed by atoms with E-state index in [0.717, 1.165) is 0 Å². The quantitative estimate of drug-likeness (QED) is 0.689. The van der Waals surface area contributed by atoms with E-state index >= 15 is 0 Å². The summed E-state index contributed by atoms with van der Waals surface area (Å²) < 4.78 is 0. The lowest BCUT2D eigenvalue weighted by Gasteiger charge is -2.08. The maximum Gasteiger partial charge on any atom is 0.251 e. The van der Waals surface area contributed by atoms with Crippen molar-refractivity contribution in [2.45, 2.75) is 6.10 Å². The van der Waals surface area contributed by atoms with Gasteiger partial charge in [-0.15, -0.1) is 0 Å². The molecule has 5 nitrogen and oxygen atoms in total. The first-order valence-corrected chi connectivity index (χ1v) is 4.89. The molecule has 4 N–H and O–H groups in total. The number of benzene rings is 1. The summed E-state index contributed by atoms with van der Waals surface area (Å²) in [7, 11) is 0. The number of nitrogens with one attached hydrogen (secondary N) is 1. The Labute approximate surface area is 97.2 Å². The molecule has 0 fully saturated rings. The molecule has 16 heavy (non-hydrogen) atoms. The van der Waals surface area contributed by atoms with Crippen molar-refractivity contribution < 1.29 is 14.7 Å². The van der Waals surface area contributed by atoms with Crippen LogP contribution in [0, 0.1) is 0 Å². The van der Waals surface area contributed by atoms with E-state index in [1.54, 1.807) is 12.1 Å². The molecule has 1 aromatic rings. The predicted molar refractivity (Wildman–Crippen MR) is 59.0 cm³/mol. The van der Waals surface area contributed by atoms with Gasteiger partial charge in [-0.25, -0.2) is 0 Å². The second-order valence-corrected chi connectivity index (χ2v) is 3.57. The van der Waals surface area contributed by atoms with E-state index in [1.807, 2.05) is 0 Å². The van der Waals surface area contributed by atoms with E-state index < -0.39 is 17.9 Å². The molecule has 0 saturated heterocycles. The Bertz CT molecular complexity index is 392. The highest BCUT2D eigenvalue weighted by Gasteiger charge is 2.12. The summed E-state index contributed by atoms with van der Waals surface area (Å²) in [5, 5.41) is 11.9. The molecular formula is C10H11ClN2O3. The number of carbonyl (C=O) groups is 2. The van der Waals surface area contributed by atoms with Crippen LogP contribution in [0.15, 0.2) is 24.3 Å². The molecule has 1 rings (SSSR count). The summed E-state index contributed by atoms with van der Waals surface area (Å²) in [6.07, 6.45) is -1.38. The first kappa shape index (κ1) is 12.5. The Morgan fingerprint density at radius 1 is 1.38 bits per heavy atom. The van der Waals surface area contributed by atoms with Gasteiger partial charge in [-0.2, -0.15) is 0 Å². The average molecular weight is 243 g/mol. The first-order valence-electron chi connectivity index (χ1n) is 4.52. The first-order chi connectivity index (χ1) is 7.50. The van der Waals surface area contributed by atoms with Crippen molar-refractivity contribution in [3.8, 4) is 0 Å². The Balaban J connectivity index is 2.53. The molecule has 1 atom stereocenters. The second kappa shape index (κ2) is 5.48. The zero-order chi connectivity index (χ0) is 12.1. The van der Waals surface area contributed by atoms with Gasteiger partial charge in [0.1, 0.15) is 6.10 Å².